The van der Waals surface area contributed by atoms with E-state index in [9.17, 15) is 13.2 Å². The minimum absolute atomic E-state index is 0.398. The van der Waals surface area contributed by atoms with Crippen molar-refractivity contribution in [2.45, 2.75) is 32.5 Å². The monoisotopic (exact) mass is 273 g/mol. The number of rotatable bonds is 5. The molecule has 3 nitrogen and oxygen atoms in total. The largest absolute Gasteiger partial charge is 0.417 e. The number of hydrazine groups is 1. The van der Waals surface area contributed by atoms with Crippen LogP contribution in [0.25, 0.3) is 0 Å². The normalized spacial score (nSPS) is 17.8. The van der Waals surface area contributed by atoms with Crippen LogP contribution in [0.5, 0.6) is 0 Å². The van der Waals surface area contributed by atoms with E-state index in [0.29, 0.717) is 17.7 Å². The second kappa shape index (κ2) is 5.09. The van der Waals surface area contributed by atoms with Crippen molar-refractivity contribution in [3.05, 3.63) is 29.6 Å². The summed E-state index contributed by atoms with van der Waals surface area (Å²) in [6.45, 7) is 3.60. The molecule has 19 heavy (non-hydrogen) atoms. The minimum atomic E-state index is -4.32. The van der Waals surface area contributed by atoms with Gasteiger partial charge in [-0.25, -0.2) is 10.4 Å². The van der Waals surface area contributed by atoms with Crippen molar-refractivity contribution in [1.29, 1.82) is 0 Å². The van der Waals surface area contributed by atoms with E-state index < -0.39 is 11.7 Å². The first-order valence-corrected chi connectivity index (χ1v) is 6.25. The zero-order valence-corrected chi connectivity index (χ0v) is 11.1. The number of nitrogens with one attached hydrogen (secondary N) is 1. The molecule has 1 heterocycles. The second-order valence-electron chi connectivity index (χ2n) is 5.54. The van der Waals surface area contributed by atoms with Crippen molar-refractivity contribution >= 4 is 0 Å². The van der Waals surface area contributed by atoms with E-state index in [1.807, 2.05) is 12.1 Å². The van der Waals surface area contributed by atoms with Crippen LogP contribution in [0.1, 0.15) is 31.0 Å². The SMILES string of the molecule is CN(CC1(C)CC1)NCc1ccc(C(F)(F)F)cn1. The Morgan fingerprint density at radius 1 is 1.37 bits per heavy atom. The van der Waals surface area contributed by atoms with Gasteiger partial charge >= 0.3 is 6.18 Å². The number of nitrogens with zero attached hydrogens (tertiary/aromatic N) is 2. The van der Waals surface area contributed by atoms with Gasteiger partial charge in [0.15, 0.2) is 0 Å². The van der Waals surface area contributed by atoms with Gasteiger partial charge in [-0.05, 0) is 30.4 Å². The molecular weight excluding hydrogens is 255 g/mol. The van der Waals surface area contributed by atoms with E-state index in [-0.39, 0.29) is 0 Å². The molecule has 1 fully saturated rings. The van der Waals surface area contributed by atoms with E-state index in [2.05, 4.69) is 17.3 Å². The molecule has 1 aromatic heterocycles. The molecule has 0 aromatic carbocycles. The molecule has 106 valence electrons. The highest BCUT2D eigenvalue weighted by atomic mass is 19.4. The molecule has 6 heteroatoms. The molecule has 1 aliphatic carbocycles. The lowest BCUT2D eigenvalue weighted by atomic mass is 10.1. The van der Waals surface area contributed by atoms with Crippen molar-refractivity contribution in [3.8, 4) is 0 Å². The van der Waals surface area contributed by atoms with Crippen LogP contribution < -0.4 is 5.43 Å². The van der Waals surface area contributed by atoms with Crippen LogP contribution in [-0.2, 0) is 12.7 Å². The zero-order valence-electron chi connectivity index (χ0n) is 11.1. The Labute approximate surface area is 110 Å². The van der Waals surface area contributed by atoms with Crippen LogP contribution in [0.15, 0.2) is 18.3 Å². The first kappa shape index (κ1) is 14.3. The van der Waals surface area contributed by atoms with E-state index >= 15 is 0 Å². The Bertz CT molecular complexity index is 424. The van der Waals surface area contributed by atoms with Crippen LogP contribution in [-0.4, -0.2) is 23.6 Å². The smallest absolute Gasteiger partial charge is 0.259 e. The highest BCUT2D eigenvalue weighted by Gasteiger charge is 2.38. The van der Waals surface area contributed by atoms with Gasteiger partial charge in [-0.2, -0.15) is 13.2 Å². The maximum atomic E-state index is 12.4. The molecule has 1 saturated carbocycles. The fourth-order valence-electron chi connectivity index (χ4n) is 1.91. The Morgan fingerprint density at radius 3 is 2.53 bits per heavy atom. The molecule has 0 amide bonds. The molecule has 0 spiro atoms. The lowest BCUT2D eigenvalue weighted by molar-refractivity contribution is -0.137. The average Bonchev–Trinajstić information content (AvgIpc) is 3.03. The van der Waals surface area contributed by atoms with Crippen molar-refractivity contribution in [2.75, 3.05) is 13.6 Å². The molecule has 2 rings (SSSR count). The van der Waals surface area contributed by atoms with E-state index in [1.165, 1.54) is 18.9 Å². The quantitative estimate of drug-likeness (QED) is 0.836. The van der Waals surface area contributed by atoms with Gasteiger partial charge in [-0.1, -0.05) is 6.92 Å². The first-order chi connectivity index (χ1) is 8.78. The zero-order chi connectivity index (χ0) is 14.1. The third-order valence-corrected chi connectivity index (χ3v) is 3.40. The fourth-order valence-corrected chi connectivity index (χ4v) is 1.91. The third-order valence-electron chi connectivity index (χ3n) is 3.40. The average molecular weight is 273 g/mol. The highest BCUT2D eigenvalue weighted by Crippen LogP contribution is 2.44. The second-order valence-corrected chi connectivity index (χ2v) is 5.54. The van der Waals surface area contributed by atoms with Crippen LogP contribution >= 0.6 is 0 Å². The molecule has 0 unspecified atom stereocenters. The molecule has 1 aromatic rings. The maximum absolute atomic E-state index is 12.4. The Kier molecular flexibility index (Phi) is 3.82. The predicted molar refractivity (Wildman–Crippen MR) is 66.0 cm³/mol. The van der Waals surface area contributed by atoms with Gasteiger partial charge < -0.3 is 0 Å². The summed E-state index contributed by atoms with van der Waals surface area (Å²) < 4.78 is 37.1. The molecule has 0 saturated heterocycles. The van der Waals surface area contributed by atoms with Gasteiger partial charge in [0.05, 0.1) is 17.8 Å². The summed E-state index contributed by atoms with van der Waals surface area (Å²) in [5.41, 5.74) is 3.43. The number of aromatic nitrogens is 1. The van der Waals surface area contributed by atoms with E-state index in [0.717, 1.165) is 18.8 Å². The molecular formula is C13H18F3N3. The summed E-state index contributed by atoms with van der Waals surface area (Å²) in [5.74, 6) is 0. The molecule has 0 radical (unpaired) electrons. The van der Waals surface area contributed by atoms with Crippen molar-refractivity contribution < 1.29 is 13.2 Å². The first-order valence-electron chi connectivity index (χ1n) is 6.25. The summed E-state index contributed by atoms with van der Waals surface area (Å²) in [7, 11) is 1.94. The van der Waals surface area contributed by atoms with Crippen LogP contribution in [0.3, 0.4) is 0 Å². The van der Waals surface area contributed by atoms with Crippen molar-refractivity contribution in [1.82, 2.24) is 15.4 Å². The van der Waals surface area contributed by atoms with E-state index in [4.69, 9.17) is 0 Å². The summed E-state index contributed by atoms with van der Waals surface area (Å²) >= 11 is 0. The van der Waals surface area contributed by atoms with Crippen LogP contribution in [0.4, 0.5) is 13.2 Å². The van der Waals surface area contributed by atoms with Gasteiger partial charge in [0.2, 0.25) is 0 Å². The topological polar surface area (TPSA) is 28.2 Å². The molecule has 0 aliphatic heterocycles. The van der Waals surface area contributed by atoms with Gasteiger partial charge in [0, 0.05) is 19.8 Å². The lowest BCUT2D eigenvalue weighted by Crippen LogP contribution is -2.37. The van der Waals surface area contributed by atoms with Gasteiger partial charge in [0.1, 0.15) is 0 Å². The number of hydrogen-bond donors (Lipinski definition) is 1. The summed E-state index contributed by atoms with van der Waals surface area (Å²) in [4.78, 5) is 3.82. The molecule has 0 bridgehead atoms. The number of pyridine rings is 1. The minimum Gasteiger partial charge on any atom is -0.259 e. The highest BCUT2D eigenvalue weighted by molar-refractivity contribution is 5.16. The van der Waals surface area contributed by atoms with Gasteiger partial charge in [0.25, 0.3) is 0 Å². The Balaban J connectivity index is 1.82. The number of alkyl halides is 3. The number of hydrogen-bond acceptors (Lipinski definition) is 3. The summed E-state index contributed by atoms with van der Waals surface area (Å²) in [6.07, 6.45) is -0.982. The fraction of sp³-hybridized carbons (Fsp3) is 0.615. The summed E-state index contributed by atoms with van der Waals surface area (Å²) in [6, 6.07) is 2.47. The molecule has 0 atom stereocenters. The third kappa shape index (κ3) is 4.18. The van der Waals surface area contributed by atoms with Crippen LogP contribution in [0.2, 0.25) is 0 Å². The summed E-state index contributed by atoms with van der Waals surface area (Å²) in [5, 5.41) is 1.98. The predicted octanol–water partition coefficient (Wildman–Crippen LogP) is 2.84. The van der Waals surface area contributed by atoms with Crippen molar-refractivity contribution in [3.63, 3.8) is 0 Å². The Morgan fingerprint density at radius 2 is 2.05 bits per heavy atom. The Hall–Kier alpha value is -1.14. The van der Waals surface area contributed by atoms with Crippen LogP contribution in [0, 0.1) is 5.41 Å². The van der Waals surface area contributed by atoms with E-state index in [1.54, 1.807) is 0 Å². The lowest BCUT2D eigenvalue weighted by Gasteiger charge is -2.21. The van der Waals surface area contributed by atoms with Gasteiger partial charge in [-0.15, -0.1) is 0 Å². The van der Waals surface area contributed by atoms with Gasteiger partial charge in [-0.3, -0.25) is 4.98 Å². The molecule has 1 N–H and O–H groups in total. The maximum Gasteiger partial charge on any atom is 0.417 e. The molecule has 1 aliphatic rings. The number of halogens is 3. The van der Waals surface area contributed by atoms with Crippen molar-refractivity contribution in [2.24, 2.45) is 5.41 Å². The standard InChI is InChI=1S/C13H18F3N3/c1-12(5-6-12)9-19(2)18-8-11-4-3-10(7-17-11)13(14,15)16/h3-4,7,18H,5-6,8-9H2,1-2H3.